The van der Waals surface area contributed by atoms with Crippen LogP contribution in [-0.4, -0.2) is 31.8 Å². The maximum absolute atomic E-state index is 13.1. The normalized spacial score (nSPS) is 11.8. The molecule has 0 aromatic heterocycles. The van der Waals surface area contributed by atoms with Crippen molar-refractivity contribution in [2.24, 2.45) is 0 Å². The van der Waals surface area contributed by atoms with E-state index in [1.165, 1.54) is 16.7 Å². The number of hydrogen-bond donors (Lipinski definition) is 2. The molecule has 0 aliphatic carbocycles. The molecular formula is C39H58FNO4. The number of aryl methyl sites for hydroxylation is 3. The van der Waals surface area contributed by atoms with Crippen LogP contribution in [-0.2, 0) is 17.6 Å². The van der Waals surface area contributed by atoms with Crippen molar-refractivity contribution in [1.29, 1.82) is 0 Å². The molecule has 6 heteroatoms. The Hall–Kier alpha value is -3.64. The van der Waals surface area contributed by atoms with Gasteiger partial charge >= 0.3 is 0 Å². The summed E-state index contributed by atoms with van der Waals surface area (Å²) in [6.45, 7) is 20.9. The standard InChI is InChI=1S/C20H22O2.C11H16FN.C3H8O.C3H6O.C2H6/c1-4-16(11-15(3)17-7-5-14(2)6-8-17)18-9-10-19-20(12-18)22-13-21-19;1-4-8-6-10(12)7-9(5-2)11(8)13-3;2*1-2-3-4;1-2/h4-10,12,15-16H,1,11,13H2,2-3H3;6-7,13H,4-5H2,1-3H3;4H,2-3H2,1H3;3H,2H2,1H3;1-2H3/t15-,16+;;;;/m1..../s1. The number of allylic oxidation sites excluding steroid dienone is 1. The smallest absolute Gasteiger partial charge is 0.231 e. The SMILES string of the molecule is C=C[C@@H](C[C@@H](C)c1ccc(C)cc1)c1ccc2c(c1)OCO2.CC.CCC=O.CCCO.CCc1cc(F)cc(CC)c1NC. The zero-order chi connectivity index (χ0) is 34.2. The number of ether oxygens (including phenoxy) is 2. The number of aliphatic hydroxyl groups is 1. The van der Waals surface area contributed by atoms with Crippen molar-refractivity contribution in [3.63, 3.8) is 0 Å². The van der Waals surface area contributed by atoms with Gasteiger partial charge in [-0.1, -0.05) is 90.4 Å². The molecule has 0 radical (unpaired) electrons. The van der Waals surface area contributed by atoms with Gasteiger partial charge in [-0.05, 0) is 85.0 Å². The molecule has 1 aliphatic rings. The van der Waals surface area contributed by atoms with E-state index in [4.69, 9.17) is 14.6 Å². The Balaban J connectivity index is 0.000000713. The minimum absolute atomic E-state index is 0.132. The summed E-state index contributed by atoms with van der Waals surface area (Å²) >= 11 is 0. The zero-order valence-corrected chi connectivity index (χ0v) is 29.2. The molecule has 0 saturated carbocycles. The second-order valence-electron chi connectivity index (χ2n) is 10.4. The van der Waals surface area contributed by atoms with Crippen molar-refractivity contribution >= 4 is 12.0 Å². The number of hydrogen-bond acceptors (Lipinski definition) is 5. The monoisotopic (exact) mass is 623 g/mol. The lowest BCUT2D eigenvalue weighted by Crippen LogP contribution is -2.02. The molecule has 0 spiro atoms. The number of rotatable bonds is 10. The summed E-state index contributed by atoms with van der Waals surface area (Å²) in [5.41, 5.74) is 7.11. The number of halogens is 1. The Kier molecular flexibility index (Phi) is 22.7. The van der Waals surface area contributed by atoms with Gasteiger partial charge in [0.1, 0.15) is 12.1 Å². The van der Waals surface area contributed by atoms with E-state index in [0.29, 0.717) is 31.7 Å². The van der Waals surface area contributed by atoms with Crippen LogP contribution in [0.3, 0.4) is 0 Å². The third-order valence-electron chi connectivity index (χ3n) is 7.03. The van der Waals surface area contributed by atoms with Crippen LogP contribution in [0.15, 0.2) is 67.3 Å². The molecule has 45 heavy (non-hydrogen) atoms. The second kappa shape index (κ2) is 24.7. The van der Waals surface area contributed by atoms with Crippen LogP contribution in [0.2, 0.25) is 0 Å². The summed E-state index contributed by atoms with van der Waals surface area (Å²) in [5.74, 6) is 2.33. The summed E-state index contributed by atoms with van der Waals surface area (Å²) < 4.78 is 24.0. The van der Waals surface area contributed by atoms with Gasteiger partial charge in [-0.25, -0.2) is 4.39 Å². The van der Waals surface area contributed by atoms with Crippen molar-refractivity contribution in [3.8, 4) is 11.5 Å². The molecule has 3 aromatic carbocycles. The summed E-state index contributed by atoms with van der Waals surface area (Å²) in [5, 5.41) is 11.0. The highest BCUT2D eigenvalue weighted by Gasteiger charge is 2.18. The van der Waals surface area contributed by atoms with Gasteiger partial charge in [0.15, 0.2) is 11.5 Å². The third kappa shape index (κ3) is 14.8. The first kappa shape index (κ1) is 41.4. The van der Waals surface area contributed by atoms with Crippen molar-refractivity contribution in [3.05, 3.63) is 101 Å². The molecule has 0 bridgehead atoms. The number of aldehydes is 1. The van der Waals surface area contributed by atoms with Crippen molar-refractivity contribution in [2.45, 2.75) is 99.3 Å². The van der Waals surface area contributed by atoms with Crippen molar-refractivity contribution in [1.82, 2.24) is 0 Å². The summed E-state index contributed by atoms with van der Waals surface area (Å²) in [6, 6.07) is 18.2. The third-order valence-corrected chi connectivity index (χ3v) is 7.03. The van der Waals surface area contributed by atoms with E-state index in [-0.39, 0.29) is 5.82 Å². The van der Waals surface area contributed by atoms with Crippen LogP contribution in [0.4, 0.5) is 10.1 Å². The maximum Gasteiger partial charge on any atom is 0.231 e. The minimum Gasteiger partial charge on any atom is -0.454 e. The Morgan fingerprint density at radius 3 is 1.89 bits per heavy atom. The first-order valence-corrected chi connectivity index (χ1v) is 16.3. The highest BCUT2D eigenvalue weighted by atomic mass is 19.1. The second-order valence-corrected chi connectivity index (χ2v) is 10.4. The maximum atomic E-state index is 13.1. The van der Waals surface area contributed by atoms with Gasteiger partial charge in [-0.3, -0.25) is 0 Å². The molecule has 2 N–H and O–H groups in total. The average molecular weight is 624 g/mol. The van der Waals surface area contributed by atoms with E-state index in [1.54, 1.807) is 12.1 Å². The van der Waals surface area contributed by atoms with E-state index < -0.39 is 0 Å². The van der Waals surface area contributed by atoms with Crippen molar-refractivity contribution in [2.75, 3.05) is 25.8 Å². The fourth-order valence-electron chi connectivity index (χ4n) is 4.53. The molecule has 3 aromatic rings. The Morgan fingerprint density at radius 2 is 1.44 bits per heavy atom. The molecule has 4 rings (SSSR count). The number of fused-ring (bicyclic) bond motifs is 1. The Bertz CT molecular complexity index is 1200. The zero-order valence-electron chi connectivity index (χ0n) is 29.2. The van der Waals surface area contributed by atoms with Crippen LogP contribution >= 0.6 is 0 Å². The van der Waals surface area contributed by atoms with Crippen molar-refractivity contribution < 1.29 is 23.8 Å². The highest BCUT2D eigenvalue weighted by molar-refractivity contribution is 5.57. The largest absolute Gasteiger partial charge is 0.454 e. The predicted octanol–water partition coefficient (Wildman–Crippen LogP) is 10.2. The summed E-state index contributed by atoms with van der Waals surface area (Å²) in [7, 11) is 1.88. The summed E-state index contributed by atoms with van der Waals surface area (Å²) in [4.78, 5) is 9.17. The van der Waals surface area contributed by atoms with Gasteiger partial charge in [-0.2, -0.15) is 0 Å². The van der Waals surface area contributed by atoms with Gasteiger partial charge in [0, 0.05) is 31.7 Å². The van der Waals surface area contributed by atoms with E-state index in [2.05, 4.69) is 62.1 Å². The van der Waals surface area contributed by atoms with E-state index >= 15 is 0 Å². The number of nitrogens with one attached hydrogen (secondary N) is 1. The minimum atomic E-state index is -0.132. The molecule has 0 saturated heterocycles. The van der Waals surface area contributed by atoms with E-state index in [9.17, 15) is 9.18 Å². The summed E-state index contributed by atoms with van der Waals surface area (Å²) in [6.07, 6.45) is 7.18. The van der Waals surface area contributed by atoms with Gasteiger partial charge in [0.2, 0.25) is 6.79 Å². The first-order chi connectivity index (χ1) is 21.7. The number of aliphatic hydroxyl groups excluding tert-OH is 1. The van der Waals surface area contributed by atoms with Gasteiger partial charge in [-0.15, -0.1) is 6.58 Å². The molecule has 0 amide bonds. The van der Waals surface area contributed by atoms with Crippen LogP contribution in [0.25, 0.3) is 0 Å². The van der Waals surface area contributed by atoms with Crippen LogP contribution in [0, 0.1) is 12.7 Å². The van der Waals surface area contributed by atoms with E-state index in [0.717, 1.165) is 60.3 Å². The van der Waals surface area contributed by atoms with Gasteiger partial charge < -0.3 is 24.7 Å². The Morgan fingerprint density at radius 1 is 0.933 bits per heavy atom. The number of benzene rings is 3. The molecule has 250 valence electrons. The number of carbonyl (C=O) groups excluding carboxylic acids is 1. The molecule has 5 nitrogen and oxygen atoms in total. The fraction of sp³-hybridized carbons (Fsp3) is 0.462. The molecule has 0 fully saturated rings. The van der Waals surface area contributed by atoms with Gasteiger partial charge in [0.05, 0.1) is 0 Å². The average Bonchev–Trinajstić information content (AvgIpc) is 3.56. The Labute approximate surface area is 272 Å². The topological polar surface area (TPSA) is 67.8 Å². The first-order valence-electron chi connectivity index (χ1n) is 16.3. The molecular weight excluding hydrogens is 565 g/mol. The van der Waals surface area contributed by atoms with Gasteiger partial charge in [0.25, 0.3) is 0 Å². The quantitative estimate of drug-likeness (QED) is 0.174. The number of anilines is 1. The number of carbonyl (C=O) groups is 1. The predicted molar refractivity (Wildman–Crippen MR) is 189 cm³/mol. The lowest BCUT2D eigenvalue weighted by molar-refractivity contribution is -0.107. The van der Waals surface area contributed by atoms with Crippen LogP contribution in [0.1, 0.15) is 107 Å². The fourth-order valence-corrected chi connectivity index (χ4v) is 4.53. The van der Waals surface area contributed by atoms with Crippen LogP contribution in [0.5, 0.6) is 11.5 Å². The molecule has 0 unspecified atom stereocenters. The van der Waals surface area contributed by atoms with E-state index in [1.807, 2.05) is 60.7 Å². The molecule has 2 atom stereocenters. The molecule has 1 aliphatic heterocycles. The lowest BCUT2D eigenvalue weighted by Gasteiger charge is -2.19. The van der Waals surface area contributed by atoms with Crippen LogP contribution < -0.4 is 14.8 Å². The lowest BCUT2D eigenvalue weighted by atomic mass is 9.86. The highest BCUT2D eigenvalue weighted by Crippen LogP contribution is 2.37. The molecule has 1 heterocycles.